The van der Waals surface area contributed by atoms with Crippen LogP contribution in [-0.4, -0.2) is 14.2 Å². The molecule has 15 heavy (non-hydrogen) atoms. The number of rotatable bonds is 4. The Morgan fingerprint density at radius 2 is 1.93 bits per heavy atom. The van der Waals surface area contributed by atoms with Gasteiger partial charge in [0.05, 0.1) is 19.8 Å². The fourth-order valence-corrected chi connectivity index (χ4v) is 1.24. The van der Waals surface area contributed by atoms with E-state index >= 15 is 0 Å². The van der Waals surface area contributed by atoms with E-state index in [0.29, 0.717) is 17.2 Å². The molecule has 0 spiro atoms. The second kappa shape index (κ2) is 4.55. The zero-order chi connectivity index (χ0) is 11.4. The highest BCUT2D eigenvalue weighted by molar-refractivity contribution is 5.70. The third kappa shape index (κ3) is 2.31. The summed E-state index contributed by atoms with van der Waals surface area (Å²) in [6, 6.07) is 5.49. The van der Waals surface area contributed by atoms with Crippen LogP contribution < -0.4 is 10.5 Å². The molecule has 0 aliphatic heterocycles. The van der Waals surface area contributed by atoms with E-state index in [9.17, 15) is 0 Å². The number of nitrogens with two attached hydrogens (primary N) is 1. The van der Waals surface area contributed by atoms with Crippen molar-refractivity contribution < 1.29 is 9.47 Å². The highest BCUT2D eigenvalue weighted by atomic mass is 16.5. The fraction of sp³-hybridized carbons (Fsp3) is 0.167. The molecule has 0 saturated carbocycles. The van der Waals surface area contributed by atoms with Crippen LogP contribution in [-0.2, 0) is 4.74 Å². The van der Waals surface area contributed by atoms with Crippen LogP contribution in [0.5, 0.6) is 5.75 Å². The Morgan fingerprint density at radius 3 is 2.40 bits per heavy atom. The van der Waals surface area contributed by atoms with Crippen LogP contribution in [0.1, 0.15) is 11.1 Å². The Hall–Kier alpha value is -1.90. The van der Waals surface area contributed by atoms with Crippen molar-refractivity contribution in [2.45, 2.75) is 0 Å². The van der Waals surface area contributed by atoms with Gasteiger partial charge in [-0.05, 0) is 23.8 Å². The monoisotopic (exact) mass is 205 g/mol. The van der Waals surface area contributed by atoms with Crippen molar-refractivity contribution in [3.63, 3.8) is 0 Å². The maximum atomic E-state index is 5.61. The van der Waals surface area contributed by atoms with Gasteiger partial charge in [-0.25, -0.2) is 0 Å². The molecule has 1 aromatic rings. The summed E-state index contributed by atoms with van der Waals surface area (Å²) in [5.74, 6) is 1.24. The normalized spacial score (nSPS) is 9.47. The minimum Gasteiger partial charge on any atom is -0.497 e. The van der Waals surface area contributed by atoms with Crippen molar-refractivity contribution >= 4 is 11.5 Å². The molecule has 0 amide bonds. The van der Waals surface area contributed by atoms with Gasteiger partial charge < -0.3 is 15.2 Å². The lowest BCUT2D eigenvalue weighted by Gasteiger charge is -2.11. The SMILES string of the molecule is C=C(N)c1ccc(OC)c(C(=C)OC)c1. The molecular weight excluding hydrogens is 190 g/mol. The number of benzene rings is 1. The summed E-state index contributed by atoms with van der Waals surface area (Å²) < 4.78 is 10.3. The molecule has 1 rings (SSSR count). The molecule has 0 saturated heterocycles. The second-order valence-electron chi connectivity index (χ2n) is 3.07. The first-order chi connectivity index (χ1) is 7.10. The van der Waals surface area contributed by atoms with Gasteiger partial charge >= 0.3 is 0 Å². The van der Waals surface area contributed by atoms with Crippen molar-refractivity contribution in [3.05, 3.63) is 42.5 Å². The van der Waals surface area contributed by atoms with Gasteiger partial charge in [0.25, 0.3) is 0 Å². The summed E-state index contributed by atoms with van der Waals surface area (Å²) in [5, 5.41) is 0. The van der Waals surface area contributed by atoms with Gasteiger partial charge in [0.1, 0.15) is 11.5 Å². The van der Waals surface area contributed by atoms with E-state index in [0.717, 1.165) is 11.1 Å². The van der Waals surface area contributed by atoms with Crippen molar-refractivity contribution in [3.8, 4) is 5.75 Å². The molecule has 0 aliphatic rings. The van der Waals surface area contributed by atoms with E-state index in [1.165, 1.54) is 0 Å². The van der Waals surface area contributed by atoms with Gasteiger partial charge in [-0.3, -0.25) is 0 Å². The first kappa shape index (κ1) is 11.2. The fourth-order valence-electron chi connectivity index (χ4n) is 1.24. The topological polar surface area (TPSA) is 44.5 Å². The lowest BCUT2D eigenvalue weighted by atomic mass is 10.1. The Balaban J connectivity index is 3.25. The van der Waals surface area contributed by atoms with Gasteiger partial charge in [-0.2, -0.15) is 0 Å². The molecule has 0 aromatic heterocycles. The molecule has 0 aliphatic carbocycles. The highest BCUT2D eigenvalue weighted by Gasteiger charge is 2.08. The molecule has 1 aromatic carbocycles. The van der Waals surface area contributed by atoms with Crippen molar-refractivity contribution in [2.75, 3.05) is 14.2 Å². The first-order valence-electron chi connectivity index (χ1n) is 4.46. The molecule has 0 bridgehead atoms. The largest absolute Gasteiger partial charge is 0.497 e. The van der Waals surface area contributed by atoms with Crippen LogP contribution in [0.4, 0.5) is 0 Å². The molecule has 0 fully saturated rings. The van der Waals surface area contributed by atoms with E-state index < -0.39 is 0 Å². The molecular formula is C12H15NO2. The van der Waals surface area contributed by atoms with Gasteiger partial charge in [-0.15, -0.1) is 0 Å². The smallest absolute Gasteiger partial charge is 0.129 e. The van der Waals surface area contributed by atoms with Crippen LogP contribution >= 0.6 is 0 Å². The van der Waals surface area contributed by atoms with E-state index in [2.05, 4.69) is 13.2 Å². The average Bonchev–Trinajstić information content (AvgIpc) is 2.27. The first-order valence-corrected chi connectivity index (χ1v) is 4.46. The van der Waals surface area contributed by atoms with Gasteiger partial charge in [0, 0.05) is 5.70 Å². The lowest BCUT2D eigenvalue weighted by Crippen LogP contribution is -1.98. The molecule has 2 N–H and O–H groups in total. The molecule has 0 atom stereocenters. The highest BCUT2D eigenvalue weighted by Crippen LogP contribution is 2.27. The predicted octanol–water partition coefficient (Wildman–Crippen LogP) is 2.24. The van der Waals surface area contributed by atoms with Crippen molar-refractivity contribution in [1.82, 2.24) is 0 Å². The zero-order valence-corrected chi connectivity index (χ0v) is 9.04. The van der Waals surface area contributed by atoms with Gasteiger partial charge in [-0.1, -0.05) is 13.2 Å². The van der Waals surface area contributed by atoms with E-state index in [1.54, 1.807) is 14.2 Å². The third-order valence-electron chi connectivity index (χ3n) is 2.12. The average molecular weight is 205 g/mol. The molecule has 0 unspecified atom stereocenters. The van der Waals surface area contributed by atoms with E-state index in [1.807, 2.05) is 18.2 Å². The number of hydrogen-bond donors (Lipinski definition) is 1. The van der Waals surface area contributed by atoms with Crippen LogP contribution in [0.3, 0.4) is 0 Å². The van der Waals surface area contributed by atoms with Crippen LogP contribution in [0.25, 0.3) is 11.5 Å². The molecule has 0 radical (unpaired) electrons. The second-order valence-corrected chi connectivity index (χ2v) is 3.07. The Bertz CT molecular complexity index is 397. The van der Waals surface area contributed by atoms with Crippen molar-refractivity contribution in [2.24, 2.45) is 5.73 Å². The van der Waals surface area contributed by atoms with Crippen LogP contribution in [0, 0.1) is 0 Å². The van der Waals surface area contributed by atoms with Crippen LogP contribution in [0.15, 0.2) is 31.4 Å². The van der Waals surface area contributed by atoms with E-state index in [-0.39, 0.29) is 0 Å². The minimum atomic E-state index is 0.503. The number of hydrogen-bond acceptors (Lipinski definition) is 3. The van der Waals surface area contributed by atoms with Crippen LogP contribution in [0.2, 0.25) is 0 Å². The van der Waals surface area contributed by atoms with Gasteiger partial charge in [0.15, 0.2) is 0 Å². The predicted molar refractivity (Wildman–Crippen MR) is 62.3 cm³/mol. The van der Waals surface area contributed by atoms with E-state index in [4.69, 9.17) is 15.2 Å². The maximum absolute atomic E-state index is 5.61. The molecule has 3 heteroatoms. The summed E-state index contributed by atoms with van der Waals surface area (Å²) in [6.07, 6.45) is 0. The quantitative estimate of drug-likeness (QED) is 0.767. The Morgan fingerprint density at radius 1 is 1.27 bits per heavy atom. The number of methoxy groups -OCH3 is 2. The minimum absolute atomic E-state index is 0.503. The zero-order valence-electron chi connectivity index (χ0n) is 9.04. The Kier molecular flexibility index (Phi) is 3.39. The third-order valence-corrected chi connectivity index (χ3v) is 2.12. The summed E-state index contributed by atoms with van der Waals surface area (Å²) >= 11 is 0. The number of ether oxygens (including phenoxy) is 2. The molecule has 0 heterocycles. The van der Waals surface area contributed by atoms with Crippen molar-refractivity contribution in [1.29, 1.82) is 0 Å². The molecule has 3 nitrogen and oxygen atoms in total. The Labute approximate surface area is 89.8 Å². The summed E-state index contributed by atoms with van der Waals surface area (Å²) in [6.45, 7) is 7.45. The standard InChI is InChI=1S/C12H15NO2/c1-8(13)10-5-6-12(15-4)11(7-10)9(2)14-3/h5-7H,1-2,13H2,3-4H3. The molecule has 80 valence electrons. The van der Waals surface area contributed by atoms with Gasteiger partial charge in [0.2, 0.25) is 0 Å². The lowest BCUT2D eigenvalue weighted by molar-refractivity contribution is 0.363. The summed E-state index contributed by atoms with van der Waals surface area (Å²) in [5.41, 5.74) is 7.73. The summed E-state index contributed by atoms with van der Waals surface area (Å²) in [7, 11) is 3.16. The maximum Gasteiger partial charge on any atom is 0.129 e. The summed E-state index contributed by atoms with van der Waals surface area (Å²) in [4.78, 5) is 0.